The summed E-state index contributed by atoms with van der Waals surface area (Å²) in [5.41, 5.74) is 3.62. The van der Waals surface area contributed by atoms with Crippen LogP contribution in [-0.2, 0) is 6.54 Å². The molecule has 0 radical (unpaired) electrons. The van der Waals surface area contributed by atoms with Crippen LogP contribution in [0.4, 0.5) is 0 Å². The van der Waals surface area contributed by atoms with Crippen LogP contribution in [0.3, 0.4) is 0 Å². The molecule has 2 aromatic carbocycles. The van der Waals surface area contributed by atoms with E-state index >= 15 is 0 Å². The zero-order valence-corrected chi connectivity index (χ0v) is 16.6. The first-order chi connectivity index (χ1) is 13.6. The predicted octanol–water partition coefficient (Wildman–Crippen LogP) is 4.59. The Balaban J connectivity index is 1.43. The summed E-state index contributed by atoms with van der Waals surface area (Å²) in [6, 6.07) is 16.5. The number of methoxy groups -OCH3 is 1. The van der Waals surface area contributed by atoms with Crippen LogP contribution in [0.1, 0.15) is 15.9 Å². The fourth-order valence-corrected chi connectivity index (χ4v) is 3.29. The fraction of sp³-hybridized carbons (Fsp3) is 0.0952. The second-order valence-electron chi connectivity index (χ2n) is 6.07. The van der Waals surface area contributed by atoms with E-state index < -0.39 is 0 Å². The molecule has 7 heteroatoms. The molecule has 2 heterocycles. The zero-order valence-electron chi connectivity index (χ0n) is 15.0. The molecule has 0 atom stereocenters. The van der Waals surface area contributed by atoms with Crippen LogP contribution >= 0.6 is 15.9 Å². The van der Waals surface area contributed by atoms with E-state index in [2.05, 4.69) is 31.2 Å². The molecular formula is C21H16BrN3O3. The summed E-state index contributed by atoms with van der Waals surface area (Å²) in [4.78, 5) is 20.9. The monoisotopic (exact) mass is 437 g/mol. The van der Waals surface area contributed by atoms with Crippen molar-refractivity contribution in [3.63, 3.8) is 0 Å². The zero-order chi connectivity index (χ0) is 19.5. The second kappa shape index (κ2) is 7.82. The number of nitrogens with one attached hydrogen (secondary N) is 1. The molecule has 0 bridgehead atoms. The lowest BCUT2D eigenvalue weighted by molar-refractivity contribution is 0.0951. The molecular weight excluding hydrogens is 422 g/mol. The largest absolute Gasteiger partial charge is 0.496 e. The molecule has 0 aliphatic carbocycles. The van der Waals surface area contributed by atoms with E-state index in [4.69, 9.17) is 9.15 Å². The van der Waals surface area contributed by atoms with Gasteiger partial charge in [-0.3, -0.25) is 4.79 Å². The van der Waals surface area contributed by atoms with E-state index in [1.54, 1.807) is 31.5 Å². The molecule has 28 heavy (non-hydrogen) atoms. The molecule has 6 nitrogen and oxygen atoms in total. The topological polar surface area (TPSA) is 77.2 Å². The number of amides is 1. The first-order valence-electron chi connectivity index (χ1n) is 8.56. The molecule has 2 aromatic heterocycles. The van der Waals surface area contributed by atoms with Gasteiger partial charge in [-0.2, -0.15) is 4.98 Å². The Morgan fingerprint density at radius 1 is 1.18 bits per heavy atom. The molecule has 4 rings (SSSR count). The summed E-state index contributed by atoms with van der Waals surface area (Å²) in [6.45, 7) is 0.415. The number of ether oxygens (including phenoxy) is 1. The van der Waals surface area contributed by atoms with Crippen LogP contribution in [0.15, 0.2) is 69.7 Å². The summed E-state index contributed by atoms with van der Waals surface area (Å²) >= 11 is 3.39. The first-order valence-corrected chi connectivity index (χ1v) is 9.36. The van der Waals surface area contributed by atoms with E-state index in [9.17, 15) is 4.79 Å². The Hall–Kier alpha value is -3.19. The highest BCUT2D eigenvalue weighted by atomic mass is 79.9. The van der Waals surface area contributed by atoms with E-state index in [-0.39, 0.29) is 5.91 Å². The summed E-state index contributed by atoms with van der Waals surface area (Å²) < 4.78 is 11.6. The van der Waals surface area contributed by atoms with Gasteiger partial charge in [-0.15, -0.1) is 0 Å². The molecule has 4 aromatic rings. The van der Waals surface area contributed by atoms with Crippen molar-refractivity contribution < 1.29 is 13.9 Å². The van der Waals surface area contributed by atoms with Crippen LogP contribution < -0.4 is 10.1 Å². The molecule has 0 unspecified atom stereocenters. The van der Waals surface area contributed by atoms with Gasteiger partial charge >= 0.3 is 0 Å². The number of hydrogen-bond donors (Lipinski definition) is 1. The maximum Gasteiger partial charge on any atom is 0.251 e. The molecule has 0 aliphatic rings. The van der Waals surface area contributed by atoms with Gasteiger partial charge in [-0.1, -0.05) is 12.1 Å². The third kappa shape index (κ3) is 3.75. The van der Waals surface area contributed by atoms with Gasteiger partial charge in [-0.25, -0.2) is 4.98 Å². The van der Waals surface area contributed by atoms with E-state index in [0.717, 1.165) is 15.6 Å². The van der Waals surface area contributed by atoms with Crippen molar-refractivity contribution in [2.75, 3.05) is 7.11 Å². The third-order valence-electron chi connectivity index (χ3n) is 4.23. The molecule has 0 aliphatic heterocycles. The van der Waals surface area contributed by atoms with Gasteiger partial charge in [0.1, 0.15) is 5.75 Å². The summed E-state index contributed by atoms with van der Waals surface area (Å²) in [5, 5.41) is 2.91. The molecule has 1 amide bonds. The highest BCUT2D eigenvalue weighted by Crippen LogP contribution is 2.26. The number of hydrogen-bond acceptors (Lipinski definition) is 5. The summed E-state index contributed by atoms with van der Waals surface area (Å²) in [5.74, 6) is 1.05. The van der Waals surface area contributed by atoms with Crippen molar-refractivity contribution >= 4 is 33.1 Å². The van der Waals surface area contributed by atoms with Crippen LogP contribution in [0, 0.1) is 0 Å². The van der Waals surface area contributed by atoms with Crippen LogP contribution in [-0.4, -0.2) is 23.0 Å². The van der Waals surface area contributed by atoms with Crippen molar-refractivity contribution in [3.05, 3.63) is 76.4 Å². The van der Waals surface area contributed by atoms with Crippen molar-refractivity contribution in [1.82, 2.24) is 15.3 Å². The van der Waals surface area contributed by atoms with Crippen molar-refractivity contribution in [2.24, 2.45) is 0 Å². The van der Waals surface area contributed by atoms with Gasteiger partial charge < -0.3 is 14.5 Å². The van der Waals surface area contributed by atoms with E-state index in [1.807, 2.05) is 36.4 Å². The third-order valence-corrected chi connectivity index (χ3v) is 4.85. The first kappa shape index (κ1) is 18.2. The Labute approximate surface area is 169 Å². The number of fused-ring (bicyclic) bond motifs is 1. The lowest BCUT2D eigenvalue weighted by Gasteiger charge is -2.08. The normalized spacial score (nSPS) is 10.8. The SMILES string of the molecule is COc1ccc(C(=O)NCc2ccc(-c3nc4ncccc4o3)cc2)cc1Br. The Morgan fingerprint density at radius 3 is 2.71 bits per heavy atom. The number of oxazole rings is 1. The Bertz CT molecular complexity index is 1110. The molecule has 0 spiro atoms. The number of carbonyl (C=O) groups excluding carboxylic acids is 1. The van der Waals surface area contributed by atoms with Crippen LogP contribution in [0.25, 0.3) is 22.7 Å². The average Bonchev–Trinajstić information content (AvgIpc) is 3.16. The molecule has 0 saturated heterocycles. The standard InChI is InChI=1S/C21H16BrN3O3/c1-27-17-9-8-15(11-16(17)22)20(26)24-12-13-4-6-14(7-5-13)21-25-19-18(28-21)3-2-10-23-19/h2-11H,12H2,1H3,(H,24,26). The van der Waals surface area contributed by atoms with Crippen molar-refractivity contribution in [3.8, 4) is 17.2 Å². The fourth-order valence-electron chi connectivity index (χ4n) is 2.75. The number of halogens is 1. The van der Waals surface area contributed by atoms with Crippen LogP contribution in [0.5, 0.6) is 5.75 Å². The lowest BCUT2D eigenvalue weighted by atomic mass is 10.1. The van der Waals surface area contributed by atoms with Crippen LogP contribution in [0.2, 0.25) is 0 Å². The summed E-state index contributed by atoms with van der Waals surface area (Å²) in [7, 11) is 1.58. The Kier molecular flexibility index (Phi) is 5.08. The van der Waals surface area contributed by atoms with Gasteiger partial charge in [0, 0.05) is 23.9 Å². The lowest BCUT2D eigenvalue weighted by Crippen LogP contribution is -2.22. The number of pyridine rings is 1. The van der Waals surface area contributed by atoms with E-state index in [0.29, 0.717) is 35.0 Å². The van der Waals surface area contributed by atoms with E-state index in [1.165, 1.54) is 0 Å². The predicted molar refractivity (Wildman–Crippen MR) is 109 cm³/mol. The Morgan fingerprint density at radius 2 is 2.00 bits per heavy atom. The minimum absolute atomic E-state index is 0.155. The van der Waals surface area contributed by atoms with Gasteiger partial charge in [0.05, 0.1) is 11.6 Å². The second-order valence-corrected chi connectivity index (χ2v) is 6.93. The van der Waals surface area contributed by atoms with Gasteiger partial charge in [0.15, 0.2) is 11.2 Å². The average molecular weight is 438 g/mol. The molecule has 0 saturated carbocycles. The number of rotatable bonds is 5. The van der Waals surface area contributed by atoms with Gasteiger partial charge in [0.2, 0.25) is 5.89 Å². The minimum atomic E-state index is -0.155. The maximum atomic E-state index is 12.4. The molecule has 140 valence electrons. The van der Waals surface area contributed by atoms with Gasteiger partial charge in [0.25, 0.3) is 5.91 Å². The maximum absolute atomic E-state index is 12.4. The van der Waals surface area contributed by atoms with Crippen molar-refractivity contribution in [2.45, 2.75) is 6.54 Å². The van der Waals surface area contributed by atoms with Crippen molar-refractivity contribution in [1.29, 1.82) is 0 Å². The smallest absolute Gasteiger partial charge is 0.251 e. The number of nitrogens with zero attached hydrogens (tertiary/aromatic N) is 2. The van der Waals surface area contributed by atoms with Gasteiger partial charge in [-0.05, 0) is 64.0 Å². The highest BCUT2D eigenvalue weighted by Gasteiger charge is 2.10. The number of benzene rings is 2. The minimum Gasteiger partial charge on any atom is -0.496 e. The quantitative estimate of drug-likeness (QED) is 0.493. The number of carbonyl (C=O) groups is 1. The summed E-state index contributed by atoms with van der Waals surface area (Å²) in [6.07, 6.45) is 1.68. The molecule has 0 fully saturated rings. The number of aromatic nitrogens is 2. The highest BCUT2D eigenvalue weighted by molar-refractivity contribution is 9.10. The molecule has 1 N–H and O–H groups in total.